The van der Waals surface area contributed by atoms with Gasteiger partial charge in [0.15, 0.2) is 0 Å². The van der Waals surface area contributed by atoms with Crippen LogP contribution >= 0.6 is 0 Å². The van der Waals surface area contributed by atoms with Gasteiger partial charge in [-0.3, -0.25) is 4.79 Å². The maximum Gasteiger partial charge on any atom is 0.434 e. The molecule has 15 heavy (non-hydrogen) atoms. The molecule has 1 heterocycles. The van der Waals surface area contributed by atoms with Crippen molar-refractivity contribution in [3.8, 4) is 5.75 Å². The number of benzene rings is 1. The first-order chi connectivity index (χ1) is 6.98. The number of carbonyl (C=O) groups is 1. The molecule has 1 amide bonds. The summed E-state index contributed by atoms with van der Waals surface area (Å²) in [6.07, 6.45) is -7.12. The van der Waals surface area contributed by atoms with E-state index in [0.717, 1.165) is 0 Å². The van der Waals surface area contributed by atoms with Gasteiger partial charge in [0.1, 0.15) is 5.75 Å². The van der Waals surface area contributed by atoms with Crippen molar-refractivity contribution in [1.82, 2.24) is 0 Å². The molecule has 6 heteroatoms. The SMILES string of the molecule is O=C1Nc2ccccc2OC1C(F)(F)F. The van der Waals surface area contributed by atoms with Crippen LogP contribution in [0.1, 0.15) is 0 Å². The summed E-state index contributed by atoms with van der Waals surface area (Å²) >= 11 is 0. The summed E-state index contributed by atoms with van der Waals surface area (Å²) in [6, 6.07) is 5.97. The third kappa shape index (κ3) is 1.74. The van der Waals surface area contributed by atoms with Crippen LogP contribution in [0.3, 0.4) is 0 Å². The van der Waals surface area contributed by atoms with Crippen molar-refractivity contribution in [3.05, 3.63) is 24.3 Å². The van der Waals surface area contributed by atoms with Crippen LogP contribution in [0.5, 0.6) is 5.75 Å². The number of hydrogen-bond donors (Lipinski definition) is 1. The predicted molar refractivity (Wildman–Crippen MR) is 45.5 cm³/mol. The second-order valence-electron chi connectivity index (χ2n) is 3.02. The molecule has 0 saturated carbocycles. The quantitative estimate of drug-likeness (QED) is 0.721. The molecule has 0 bridgehead atoms. The normalized spacial score (nSPS) is 20.2. The summed E-state index contributed by atoms with van der Waals surface area (Å²) in [5, 5.41) is 2.13. The van der Waals surface area contributed by atoms with Gasteiger partial charge >= 0.3 is 6.18 Å². The van der Waals surface area contributed by atoms with Crippen LogP contribution in [0.15, 0.2) is 24.3 Å². The highest BCUT2D eigenvalue weighted by Crippen LogP contribution is 2.34. The van der Waals surface area contributed by atoms with Gasteiger partial charge in [-0.25, -0.2) is 0 Å². The number of nitrogens with one attached hydrogen (secondary N) is 1. The molecule has 1 aliphatic rings. The van der Waals surface area contributed by atoms with E-state index in [9.17, 15) is 18.0 Å². The molecule has 1 aromatic rings. The Balaban J connectivity index is 2.34. The highest BCUT2D eigenvalue weighted by molar-refractivity contribution is 5.98. The standard InChI is InChI=1S/C9H6F3NO2/c10-9(11,12)7-8(14)13-5-3-1-2-4-6(5)15-7/h1-4,7H,(H,13,14). The zero-order valence-corrected chi connectivity index (χ0v) is 7.34. The number of amides is 1. The number of rotatable bonds is 0. The lowest BCUT2D eigenvalue weighted by Gasteiger charge is -2.26. The van der Waals surface area contributed by atoms with Crippen LogP contribution in [-0.4, -0.2) is 18.2 Å². The minimum atomic E-state index is -4.70. The number of para-hydroxylation sites is 2. The monoisotopic (exact) mass is 217 g/mol. The lowest BCUT2D eigenvalue weighted by Crippen LogP contribution is -2.47. The van der Waals surface area contributed by atoms with Gasteiger partial charge in [-0.05, 0) is 12.1 Å². The van der Waals surface area contributed by atoms with Crippen molar-refractivity contribution in [2.45, 2.75) is 12.3 Å². The van der Waals surface area contributed by atoms with E-state index in [-0.39, 0.29) is 11.4 Å². The molecule has 3 nitrogen and oxygen atoms in total. The van der Waals surface area contributed by atoms with Gasteiger partial charge in [-0.1, -0.05) is 12.1 Å². The molecule has 0 spiro atoms. The molecule has 1 aromatic carbocycles. The van der Waals surface area contributed by atoms with Gasteiger partial charge < -0.3 is 10.1 Å². The van der Waals surface area contributed by atoms with Crippen LogP contribution in [0.25, 0.3) is 0 Å². The first-order valence-corrected chi connectivity index (χ1v) is 4.12. The van der Waals surface area contributed by atoms with Crippen molar-refractivity contribution in [2.24, 2.45) is 0 Å². The third-order valence-corrected chi connectivity index (χ3v) is 1.93. The Morgan fingerprint density at radius 1 is 1.27 bits per heavy atom. The molecule has 0 radical (unpaired) electrons. The third-order valence-electron chi connectivity index (χ3n) is 1.93. The van der Waals surface area contributed by atoms with Gasteiger partial charge in [0.05, 0.1) is 5.69 Å². The summed E-state index contributed by atoms with van der Waals surface area (Å²) < 4.78 is 41.5. The smallest absolute Gasteiger partial charge is 0.434 e. The maximum absolute atomic E-state index is 12.3. The molecular formula is C9H6F3NO2. The summed E-state index contributed by atoms with van der Waals surface area (Å²) in [4.78, 5) is 11.0. The Hall–Kier alpha value is -1.72. The molecular weight excluding hydrogens is 211 g/mol. The molecule has 1 N–H and O–H groups in total. The first-order valence-electron chi connectivity index (χ1n) is 4.12. The number of fused-ring (bicyclic) bond motifs is 1. The van der Waals surface area contributed by atoms with E-state index in [2.05, 4.69) is 10.1 Å². The minimum absolute atomic E-state index is 0.0272. The van der Waals surface area contributed by atoms with Crippen LogP contribution in [0, 0.1) is 0 Å². The molecule has 0 saturated heterocycles. The number of alkyl halides is 3. The number of halogens is 3. The summed E-state index contributed by atoms with van der Waals surface area (Å²) in [5.41, 5.74) is 0.253. The highest BCUT2D eigenvalue weighted by Gasteiger charge is 2.49. The average Bonchev–Trinajstić information content (AvgIpc) is 2.15. The second-order valence-corrected chi connectivity index (χ2v) is 3.02. The fraction of sp³-hybridized carbons (Fsp3) is 0.222. The van der Waals surface area contributed by atoms with E-state index in [1.165, 1.54) is 18.2 Å². The van der Waals surface area contributed by atoms with Gasteiger partial charge in [-0.2, -0.15) is 13.2 Å². The van der Waals surface area contributed by atoms with E-state index < -0.39 is 18.2 Å². The molecule has 0 fully saturated rings. The summed E-state index contributed by atoms with van der Waals surface area (Å²) in [7, 11) is 0. The van der Waals surface area contributed by atoms with Crippen molar-refractivity contribution in [3.63, 3.8) is 0 Å². The first kappa shape index (κ1) is 9.82. The largest absolute Gasteiger partial charge is 0.469 e. The molecule has 0 aromatic heterocycles. The fourth-order valence-corrected chi connectivity index (χ4v) is 1.27. The Morgan fingerprint density at radius 2 is 1.93 bits per heavy atom. The maximum atomic E-state index is 12.3. The zero-order valence-electron chi connectivity index (χ0n) is 7.34. The minimum Gasteiger partial charge on any atom is -0.469 e. The van der Waals surface area contributed by atoms with Crippen LogP contribution < -0.4 is 10.1 Å². The fourth-order valence-electron chi connectivity index (χ4n) is 1.27. The van der Waals surface area contributed by atoms with Crippen molar-refractivity contribution in [2.75, 3.05) is 5.32 Å². The van der Waals surface area contributed by atoms with Crippen LogP contribution in [-0.2, 0) is 4.79 Å². The van der Waals surface area contributed by atoms with Gasteiger partial charge in [0.2, 0.25) is 0 Å². The predicted octanol–water partition coefficient (Wildman–Crippen LogP) is 1.95. The van der Waals surface area contributed by atoms with E-state index >= 15 is 0 Å². The zero-order chi connectivity index (χ0) is 11.1. The van der Waals surface area contributed by atoms with Crippen molar-refractivity contribution < 1.29 is 22.7 Å². The summed E-state index contributed by atoms with van der Waals surface area (Å²) in [5.74, 6) is -1.17. The van der Waals surface area contributed by atoms with E-state index in [1.54, 1.807) is 6.07 Å². The average molecular weight is 217 g/mol. The topological polar surface area (TPSA) is 38.3 Å². The van der Waals surface area contributed by atoms with Crippen molar-refractivity contribution >= 4 is 11.6 Å². The molecule has 1 atom stereocenters. The lowest BCUT2D eigenvalue weighted by molar-refractivity contribution is -0.196. The Bertz CT molecular complexity index is 403. The molecule has 1 aliphatic heterocycles. The van der Waals surface area contributed by atoms with Gasteiger partial charge in [0.25, 0.3) is 12.0 Å². The number of carbonyl (C=O) groups excluding carboxylic acids is 1. The molecule has 1 unspecified atom stereocenters. The molecule has 80 valence electrons. The lowest BCUT2D eigenvalue weighted by atomic mass is 10.2. The van der Waals surface area contributed by atoms with Gasteiger partial charge in [-0.15, -0.1) is 0 Å². The number of ether oxygens (including phenoxy) is 1. The second kappa shape index (κ2) is 3.15. The van der Waals surface area contributed by atoms with Crippen LogP contribution in [0.4, 0.5) is 18.9 Å². The van der Waals surface area contributed by atoms with Crippen LogP contribution in [0.2, 0.25) is 0 Å². The molecule has 2 rings (SSSR count). The number of hydrogen-bond acceptors (Lipinski definition) is 2. The Labute approximate surface area is 82.8 Å². The van der Waals surface area contributed by atoms with Gasteiger partial charge in [0, 0.05) is 0 Å². The summed E-state index contributed by atoms with van der Waals surface area (Å²) in [6.45, 7) is 0. The highest BCUT2D eigenvalue weighted by atomic mass is 19.4. The molecule has 0 aliphatic carbocycles. The number of anilines is 1. The Kier molecular flexibility index (Phi) is 2.06. The van der Waals surface area contributed by atoms with E-state index in [0.29, 0.717) is 0 Å². The Morgan fingerprint density at radius 3 is 2.60 bits per heavy atom. The van der Waals surface area contributed by atoms with E-state index in [4.69, 9.17) is 0 Å². The van der Waals surface area contributed by atoms with E-state index in [1.807, 2.05) is 0 Å². The van der Waals surface area contributed by atoms with Crippen molar-refractivity contribution in [1.29, 1.82) is 0 Å².